The first-order chi connectivity index (χ1) is 12.6. The maximum atomic E-state index is 12.6. The van der Waals surface area contributed by atoms with Crippen molar-refractivity contribution in [3.05, 3.63) is 0 Å². The molecule has 2 N–H and O–H groups in total. The Morgan fingerprint density at radius 2 is 1.68 bits per heavy atom. The molecule has 2 aliphatic rings. The van der Waals surface area contributed by atoms with Crippen LogP contribution in [0.5, 0.6) is 0 Å². The fourth-order valence-corrected chi connectivity index (χ4v) is 4.35. The van der Waals surface area contributed by atoms with Crippen molar-refractivity contribution in [2.45, 2.75) is 44.2 Å². The number of nitrogens with zero attached hydrogens (tertiary/aromatic N) is 3. The first-order valence-electron chi connectivity index (χ1n) is 9.43. The third kappa shape index (κ3) is 7.17. The number of guanidine groups is 1. The molecule has 0 amide bonds. The molecule has 0 aromatic heterocycles. The maximum absolute atomic E-state index is 12.6. The fourth-order valence-electron chi connectivity index (χ4n) is 3.37. The lowest BCUT2D eigenvalue weighted by Gasteiger charge is -2.32. The number of halogens is 4. The van der Waals surface area contributed by atoms with E-state index in [1.165, 1.54) is 0 Å². The number of nitrogens with one attached hydrogen (secondary N) is 2. The summed E-state index contributed by atoms with van der Waals surface area (Å²) >= 11 is 0. The van der Waals surface area contributed by atoms with E-state index in [1.807, 2.05) is 6.92 Å². The van der Waals surface area contributed by atoms with Crippen molar-refractivity contribution in [3.8, 4) is 0 Å². The van der Waals surface area contributed by atoms with Crippen molar-refractivity contribution in [1.82, 2.24) is 19.8 Å². The highest BCUT2D eigenvalue weighted by Crippen LogP contribution is 2.28. The second-order valence-corrected chi connectivity index (χ2v) is 9.16. The summed E-state index contributed by atoms with van der Waals surface area (Å²) < 4.78 is 61.4. The number of rotatable bonds is 5. The Morgan fingerprint density at radius 1 is 1.11 bits per heavy atom. The van der Waals surface area contributed by atoms with Crippen LogP contribution in [-0.4, -0.2) is 81.4 Å². The van der Waals surface area contributed by atoms with E-state index in [0.29, 0.717) is 42.1 Å². The molecule has 2 saturated heterocycles. The van der Waals surface area contributed by atoms with Crippen LogP contribution in [0.2, 0.25) is 0 Å². The molecule has 0 radical (unpaired) electrons. The SMILES string of the molecule is CCNC(=NCC1CCN(C)CC1)NC1CCN(S(=O)(=O)C(F)(F)F)CC1.I. The zero-order chi connectivity index (χ0) is 20.1. The normalized spacial score (nSPS) is 22.0. The monoisotopic (exact) mass is 541 g/mol. The largest absolute Gasteiger partial charge is 0.511 e. The maximum Gasteiger partial charge on any atom is 0.511 e. The molecule has 2 fully saturated rings. The lowest BCUT2D eigenvalue weighted by molar-refractivity contribution is -0.0494. The van der Waals surface area contributed by atoms with Gasteiger partial charge >= 0.3 is 15.5 Å². The lowest BCUT2D eigenvalue weighted by Crippen LogP contribution is -2.51. The number of piperidine rings is 2. The summed E-state index contributed by atoms with van der Waals surface area (Å²) in [7, 11) is -3.13. The fraction of sp³-hybridized carbons (Fsp3) is 0.938. The van der Waals surface area contributed by atoms with Crippen LogP contribution in [0.1, 0.15) is 32.6 Å². The second kappa shape index (κ2) is 11.2. The minimum absolute atomic E-state index is 0. The van der Waals surface area contributed by atoms with Gasteiger partial charge in [-0.1, -0.05) is 0 Å². The van der Waals surface area contributed by atoms with Crippen LogP contribution < -0.4 is 10.6 Å². The molecule has 0 aromatic rings. The first kappa shape index (κ1) is 25.7. The van der Waals surface area contributed by atoms with E-state index in [1.54, 1.807) is 0 Å². The summed E-state index contributed by atoms with van der Waals surface area (Å²) in [4.78, 5) is 6.93. The molecule has 7 nitrogen and oxygen atoms in total. The minimum atomic E-state index is -5.24. The molecule has 0 bridgehead atoms. The molecule has 2 heterocycles. The Morgan fingerprint density at radius 3 is 2.18 bits per heavy atom. The zero-order valence-corrected chi connectivity index (χ0v) is 19.5. The van der Waals surface area contributed by atoms with Gasteiger partial charge < -0.3 is 15.5 Å². The van der Waals surface area contributed by atoms with Gasteiger partial charge in [0, 0.05) is 32.2 Å². The highest BCUT2D eigenvalue weighted by Gasteiger charge is 2.50. The Labute approximate surface area is 182 Å². The third-order valence-electron chi connectivity index (χ3n) is 5.12. The number of likely N-dealkylation sites (tertiary alicyclic amines) is 1. The van der Waals surface area contributed by atoms with Crippen LogP contribution in [0.15, 0.2) is 4.99 Å². The molecule has 0 atom stereocenters. The Hall–Kier alpha value is -0.340. The van der Waals surface area contributed by atoms with Gasteiger partial charge in [0.05, 0.1) is 0 Å². The van der Waals surface area contributed by atoms with Crippen LogP contribution in [0.3, 0.4) is 0 Å². The van der Waals surface area contributed by atoms with Gasteiger partial charge in [-0.15, -0.1) is 24.0 Å². The topological polar surface area (TPSA) is 77.0 Å². The van der Waals surface area contributed by atoms with Crippen molar-refractivity contribution < 1.29 is 21.6 Å². The molecular formula is C16H31F3IN5O2S. The molecular weight excluding hydrogens is 510 g/mol. The average molecular weight is 541 g/mol. The van der Waals surface area contributed by atoms with E-state index in [0.717, 1.165) is 25.9 Å². The first-order valence-corrected chi connectivity index (χ1v) is 10.9. The number of alkyl halides is 3. The van der Waals surface area contributed by atoms with Crippen LogP contribution in [-0.2, 0) is 10.0 Å². The van der Waals surface area contributed by atoms with Crippen molar-refractivity contribution in [2.24, 2.45) is 10.9 Å². The molecule has 2 aliphatic heterocycles. The van der Waals surface area contributed by atoms with Gasteiger partial charge in [0.25, 0.3) is 0 Å². The highest BCUT2D eigenvalue weighted by molar-refractivity contribution is 14.0. The van der Waals surface area contributed by atoms with Crippen molar-refractivity contribution in [2.75, 3.05) is 46.3 Å². The van der Waals surface area contributed by atoms with Gasteiger partial charge in [-0.25, -0.2) is 8.42 Å². The van der Waals surface area contributed by atoms with Gasteiger partial charge in [-0.2, -0.15) is 17.5 Å². The van der Waals surface area contributed by atoms with E-state index >= 15 is 0 Å². The van der Waals surface area contributed by atoms with Crippen LogP contribution in [0.4, 0.5) is 13.2 Å². The zero-order valence-electron chi connectivity index (χ0n) is 16.3. The Bertz CT molecular complexity index is 602. The molecule has 0 aliphatic carbocycles. The third-order valence-corrected chi connectivity index (χ3v) is 6.75. The van der Waals surface area contributed by atoms with Gasteiger partial charge in [0.2, 0.25) is 0 Å². The summed E-state index contributed by atoms with van der Waals surface area (Å²) in [5.74, 6) is 1.18. The second-order valence-electron chi connectivity index (χ2n) is 7.23. The molecule has 0 aromatic carbocycles. The predicted octanol–water partition coefficient (Wildman–Crippen LogP) is 1.82. The number of aliphatic imine (C=N–C) groups is 1. The lowest BCUT2D eigenvalue weighted by atomic mass is 9.97. The molecule has 0 spiro atoms. The summed E-state index contributed by atoms with van der Waals surface area (Å²) in [5.41, 5.74) is -5.24. The van der Waals surface area contributed by atoms with Crippen LogP contribution in [0.25, 0.3) is 0 Å². The quantitative estimate of drug-likeness (QED) is 0.316. The summed E-state index contributed by atoms with van der Waals surface area (Å²) in [6, 6.07) is -0.0972. The molecule has 2 rings (SSSR count). The summed E-state index contributed by atoms with van der Waals surface area (Å²) in [6.07, 6.45) is 2.84. The highest BCUT2D eigenvalue weighted by atomic mass is 127. The minimum Gasteiger partial charge on any atom is -0.357 e. The number of sulfonamides is 1. The van der Waals surface area contributed by atoms with E-state index in [4.69, 9.17) is 0 Å². The predicted molar refractivity (Wildman–Crippen MR) is 114 cm³/mol. The van der Waals surface area contributed by atoms with Crippen molar-refractivity contribution >= 4 is 40.0 Å². The molecule has 0 saturated carbocycles. The van der Waals surface area contributed by atoms with Crippen LogP contribution in [0, 0.1) is 5.92 Å². The smallest absolute Gasteiger partial charge is 0.357 e. The number of hydrogen-bond acceptors (Lipinski definition) is 4. The Kier molecular flexibility index (Phi) is 10.2. The summed E-state index contributed by atoms with van der Waals surface area (Å²) in [5, 5.41) is 6.40. The van der Waals surface area contributed by atoms with E-state index < -0.39 is 15.5 Å². The van der Waals surface area contributed by atoms with E-state index in [-0.39, 0.29) is 43.1 Å². The number of hydrogen-bond donors (Lipinski definition) is 2. The molecule has 166 valence electrons. The molecule has 0 unspecified atom stereocenters. The van der Waals surface area contributed by atoms with Gasteiger partial charge in [-0.05, 0) is 58.7 Å². The van der Waals surface area contributed by atoms with Crippen LogP contribution >= 0.6 is 24.0 Å². The van der Waals surface area contributed by atoms with Crippen molar-refractivity contribution in [3.63, 3.8) is 0 Å². The molecule has 12 heteroatoms. The van der Waals surface area contributed by atoms with E-state index in [2.05, 4.69) is 27.6 Å². The summed E-state index contributed by atoms with van der Waals surface area (Å²) in [6.45, 7) is 5.19. The van der Waals surface area contributed by atoms with Gasteiger partial charge in [-0.3, -0.25) is 4.99 Å². The Balaban J connectivity index is 0.00000392. The van der Waals surface area contributed by atoms with E-state index in [9.17, 15) is 21.6 Å². The molecule has 28 heavy (non-hydrogen) atoms. The van der Waals surface area contributed by atoms with Gasteiger partial charge in [0.15, 0.2) is 5.96 Å². The average Bonchev–Trinajstić information content (AvgIpc) is 2.61. The standard InChI is InChI=1S/C16H30F3N5O2S.HI/c1-3-20-15(21-12-13-4-8-23(2)9-5-13)22-14-6-10-24(11-7-14)27(25,26)16(17,18)19;/h13-14H,3-12H2,1-2H3,(H2,20,21,22);1H. The van der Waals surface area contributed by atoms with Crippen molar-refractivity contribution in [1.29, 1.82) is 0 Å². The van der Waals surface area contributed by atoms with Gasteiger partial charge in [0.1, 0.15) is 0 Å².